The fraction of sp³-hybridized carbons (Fsp3) is 0.189. The van der Waals surface area contributed by atoms with Crippen LogP contribution in [0.1, 0.15) is 44.0 Å². The summed E-state index contributed by atoms with van der Waals surface area (Å²) in [5.74, 6) is 3.86. The molecule has 48 heavy (non-hydrogen) atoms. The fourth-order valence-electron chi connectivity index (χ4n) is 4.24. The van der Waals surface area contributed by atoms with Crippen LogP contribution in [0.5, 0.6) is 11.5 Å². The summed E-state index contributed by atoms with van der Waals surface area (Å²) in [5.41, 5.74) is 7.86. The zero-order valence-electron chi connectivity index (χ0n) is 27.3. The van der Waals surface area contributed by atoms with E-state index in [-0.39, 0.29) is 31.0 Å². The Morgan fingerprint density at radius 1 is 0.688 bits per heavy atom. The number of para-hydroxylation sites is 2. The maximum atomic E-state index is 11.6. The van der Waals surface area contributed by atoms with Crippen molar-refractivity contribution >= 4 is 17.8 Å². The molecule has 5 rings (SSSR count). The molecule has 2 atom stereocenters. The van der Waals surface area contributed by atoms with Crippen LogP contribution < -0.4 is 19.7 Å². The van der Waals surface area contributed by atoms with Crippen molar-refractivity contribution < 1.29 is 46.4 Å². The normalized spacial score (nSPS) is 15.0. The summed E-state index contributed by atoms with van der Waals surface area (Å²) < 4.78 is 48.1. The van der Waals surface area contributed by atoms with E-state index in [4.69, 9.17) is 14.8 Å². The molecule has 254 valence electrons. The summed E-state index contributed by atoms with van der Waals surface area (Å²) in [5, 5.41) is 0. The first-order valence-electron chi connectivity index (χ1n) is 15.0. The summed E-state index contributed by atoms with van der Waals surface area (Å²) >= 11 is 0. The number of nitrogens with zero attached hydrogens (tertiary/aromatic N) is 1. The van der Waals surface area contributed by atoms with Crippen LogP contribution in [0.2, 0.25) is 0 Å². The minimum Gasteiger partial charge on any atom is -0.736 e. The number of phosphoric ester groups is 1. The Labute approximate surface area is 299 Å². The van der Waals surface area contributed by atoms with E-state index in [1.807, 2.05) is 60.7 Å². The van der Waals surface area contributed by atoms with Gasteiger partial charge in [0.15, 0.2) is 0 Å². The molecule has 6 radical (unpaired) electrons. The molecule has 0 aliphatic heterocycles. The van der Waals surface area contributed by atoms with Crippen molar-refractivity contribution in [1.29, 1.82) is 0 Å². The van der Waals surface area contributed by atoms with Crippen LogP contribution in [0.3, 0.4) is 0 Å². The monoisotopic (exact) mass is 774 g/mol. The standard InChI is InChI=1S/C15H17N2O2S.C12H11O4P.C10H14.Ru/c1-20(18,19)17-15(13-10-6-3-7-11-13)14(16)12-8-4-2-5-9-12;13-17(14,15-11-7-3-1-4-8-11)16-12-9-5-2-6-10-12;1-8(2)10-6-4-9(3)5-7-10;/h2-11,14-15H,16H2,1H3;1-10H,(H,13,14);4-8H,1-3H3;/q-1;;;+2/p-1/t14-,15-;;;/m1.../s1. The summed E-state index contributed by atoms with van der Waals surface area (Å²) in [4.78, 5) is 11.6. The van der Waals surface area contributed by atoms with Gasteiger partial charge in [0.1, 0.15) is 11.5 Å². The molecule has 0 aromatic heterocycles. The van der Waals surface area contributed by atoms with Gasteiger partial charge in [0.25, 0.3) is 0 Å². The maximum absolute atomic E-state index is 11.6. The molecular formula is C37H41N2O6PRuS. The third kappa shape index (κ3) is 15.6. The predicted octanol–water partition coefficient (Wildman–Crippen LogP) is 8.01. The zero-order chi connectivity index (χ0) is 34.3. The molecule has 0 bridgehead atoms. The Bertz CT molecular complexity index is 1550. The van der Waals surface area contributed by atoms with E-state index >= 15 is 0 Å². The minimum absolute atomic E-state index is 0. The van der Waals surface area contributed by atoms with Crippen LogP contribution >= 0.6 is 7.82 Å². The Hall–Kier alpha value is -2.84. The summed E-state index contributed by atoms with van der Waals surface area (Å²) in [6.45, 7) is 6.54. The van der Waals surface area contributed by atoms with Gasteiger partial charge in [-0.3, -0.25) is 0 Å². The molecule has 1 fully saturated rings. The minimum atomic E-state index is -4.39. The van der Waals surface area contributed by atoms with Gasteiger partial charge in [-0.2, -0.15) is 0 Å². The Morgan fingerprint density at radius 3 is 1.44 bits per heavy atom. The van der Waals surface area contributed by atoms with Crippen LogP contribution in [0.15, 0.2) is 121 Å². The van der Waals surface area contributed by atoms with Crippen LogP contribution in [0, 0.1) is 43.4 Å². The zero-order valence-corrected chi connectivity index (χ0v) is 30.7. The van der Waals surface area contributed by atoms with Gasteiger partial charge < -0.3 is 24.4 Å². The number of sulfonamides is 1. The predicted molar refractivity (Wildman–Crippen MR) is 187 cm³/mol. The fourth-order valence-corrected chi connectivity index (χ4v) is 5.70. The van der Waals surface area contributed by atoms with Gasteiger partial charge in [0, 0.05) is 12.3 Å². The molecule has 0 amide bonds. The second-order valence-electron chi connectivity index (χ2n) is 11.0. The second-order valence-corrected chi connectivity index (χ2v) is 13.9. The molecule has 2 N–H and O–H groups in total. The van der Waals surface area contributed by atoms with Gasteiger partial charge in [-0.1, -0.05) is 129 Å². The van der Waals surface area contributed by atoms with Crippen molar-refractivity contribution in [2.75, 3.05) is 6.26 Å². The largest absolute Gasteiger partial charge is 2.00 e. The van der Waals surface area contributed by atoms with Crippen molar-refractivity contribution in [1.82, 2.24) is 0 Å². The summed E-state index contributed by atoms with van der Waals surface area (Å²) in [6.07, 6.45) is 9.80. The van der Waals surface area contributed by atoms with Crippen molar-refractivity contribution in [3.63, 3.8) is 0 Å². The van der Waals surface area contributed by atoms with E-state index in [0.717, 1.165) is 17.4 Å². The molecule has 0 saturated heterocycles. The molecule has 1 aliphatic carbocycles. The molecular weight excluding hydrogens is 733 g/mol. The first kappa shape index (κ1) is 41.3. The molecule has 1 aliphatic rings. The number of phosphoric acid groups is 1. The van der Waals surface area contributed by atoms with Crippen molar-refractivity contribution in [3.05, 3.63) is 175 Å². The first-order chi connectivity index (χ1) is 22.3. The Balaban J connectivity index is 0.000000260. The van der Waals surface area contributed by atoms with E-state index in [2.05, 4.69) is 51.2 Å². The molecule has 0 spiro atoms. The Kier molecular flexibility index (Phi) is 17.8. The number of benzene rings is 4. The topological polar surface area (TPSA) is 133 Å². The molecule has 4 aromatic rings. The average molecular weight is 774 g/mol. The van der Waals surface area contributed by atoms with E-state index in [0.29, 0.717) is 5.92 Å². The third-order valence-electron chi connectivity index (χ3n) is 6.64. The van der Waals surface area contributed by atoms with Crippen molar-refractivity contribution in [2.24, 2.45) is 11.7 Å². The van der Waals surface area contributed by atoms with E-state index in [9.17, 15) is 17.9 Å². The molecule has 4 aromatic carbocycles. The molecule has 0 heterocycles. The van der Waals surface area contributed by atoms with Crippen molar-refractivity contribution in [2.45, 2.75) is 32.9 Å². The molecule has 8 nitrogen and oxygen atoms in total. The quantitative estimate of drug-likeness (QED) is 0.128. The van der Waals surface area contributed by atoms with Crippen LogP contribution in [0.25, 0.3) is 4.72 Å². The van der Waals surface area contributed by atoms with Gasteiger partial charge in [0.2, 0.25) is 0 Å². The smallest absolute Gasteiger partial charge is 0.736 e. The van der Waals surface area contributed by atoms with Crippen LogP contribution in [-0.2, 0) is 34.1 Å². The summed E-state index contributed by atoms with van der Waals surface area (Å²) in [6, 6.07) is 33.9. The number of nitrogens with two attached hydrogens (primary N) is 1. The molecule has 11 heteroatoms. The van der Waals surface area contributed by atoms with Gasteiger partial charge in [0.05, 0.1) is 10.0 Å². The van der Waals surface area contributed by atoms with Crippen LogP contribution in [-0.4, -0.2) is 14.7 Å². The second kappa shape index (κ2) is 20.6. The van der Waals surface area contributed by atoms with Crippen LogP contribution in [0.4, 0.5) is 0 Å². The summed E-state index contributed by atoms with van der Waals surface area (Å²) in [7, 11) is -7.87. The van der Waals surface area contributed by atoms with E-state index in [1.54, 1.807) is 60.7 Å². The first-order valence-corrected chi connectivity index (χ1v) is 18.3. The SMILES string of the molecule is CS(=O)(=O)[N-][C@H](c1ccccc1)[C@H](N)c1ccccc1.C[C]1[CH][CH][C](C(C)C)[CH][CH]1.O=P([O-])(Oc1ccccc1)Oc1ccccc1.[Ru+2]. The molecule has 1 saturated carbocycles. The Morgan fingerprint density at radius 2 is 1.06 bits per heavy atom. The van der Waals surface area contributed by atoms with Gasteiger partial charge >= 0.3 is 27.3 Å². The average Bonchev–Trinajstić information content (AvgIpc) is 3.05. The maximum Gasteiger partial charge on any atom is 2.00 e. The number of rotatable bonds is 10. The molecule has 0 unspecified atom stereocenters. The van der Waals surface area contributed by atoms with Crippen molar-refractivity contribution in [3.8, 4) is 11.5 Å². The van der Waals surface area contributed by atoms with E-state index < -0.39 is 29.9 Å². The number of hydrogen-bond acceptors (Lipinski definition) is 7. The van der Waals surface area contributed by atoms with Gasteiger partial charge in [-0.05, 0) is 73.3 Å². The van der Waals surface area contributed by atoms with Gasteiger partial charge in [-0.25, -0.2) is 13.0 Å². The van der Waals surface area contributed by atoms with Gasteiger partial charge in [-0.15, -0.1) is 0 Å². The van der Waals surface area contributed by atoms with E-state index in [1.165, 1.54) is 11.8 Å². The third-order valence-corrected chi connectivity index (χ3v) is 8.11. The number of hydrogen-bond donors (Lipinski definition) is 1.